The SMILES string of the molecule is O=C1CN=C(c2ccccc2Cl)c2cc(I)ccc2N1. The van der Waals surface area contributed by atoms with E-state index >= 15 is 0 Å². The van der Waals surface area contributed by atoms with Crippen LogP contribution in [0.1, 0.15) is 11.1 Å². The molecule has 0 spiro atoms. The van der Waals surface area contributed by atoms with Crippen LogP contribution in [0.5, 0.6) is 0 Å². The molecule has 3 rings (SSSR count). The Balaban J connectivity index is 2.23. The van der Waals surface area contributed by atoms with Crippen molar-refractivity contribution >= 4 is 51.5 Å². The van der Waals surface area contributed by atoms with E-state index in [1.165, 1.54) is 0 Å². The lowest BCUT2D eigenvalue weighted by molar-refractivity contribution is -0.114. The second-order valence-corrected chi connectivity index (χ2v) is 6.04. The first-order valence-electron chi connectivity index (χ1n) is 6.04. The van der Waals surface area contributed by atoms with Gasteiger partial charge in [-0.1, -0.05) is 29.8 Å². The normalized spacial score (nSPS) is 14.1. The topological polar surface area (TPSA) is 41.5 Å². The van der Waals surface area contributed by atoms with Crippen LogP contribution >= 0.6 is 34.2 Å². The number of carbonyl (C=O) groups excluding carboxylic acids is 1. The summed E-state index contributed by atoms with van der Waals surface area (Å²) < 4.78 is 1.08. The third-order valence-electron chi connectivity index (χ3n) is 3.02. The molecular formula is C15H10ClIN2O. The van der Waals surface area contributed by atoms with Crippen LogP contribution in [-0.2, 0) is 4.79 Å². The standard InChI is InChI=1S/C15H10ClIN2O/c16-12-4-2-1-3-10(12)15-11-7-9(17)5-6-13(11)19-14(20)8-18-15/h1-7H,8H2,(H,19,20). The van der Waals surface area contributed by atoms with E-state index in [0.717, 1.165) is 26.1 Å². The number of nitrogens with one attached hydrogen (secondary N) is 1. The minimum atomic E-state index is -0.116. The summed E-state index contributed by atoms with van der Waals surface area (Å²) in [5.41, 5.74) is 3.26. The number of anilines is 1. The molecule has 100 valence electrons. The smallest absolute Gasteiger partial charge is 0.246 e. The maximum atomic E-state index is 11.7. The lowest BCUT2D eigenvalue weighted by Crippen LogP contribution is -2.13. The summed E-state index contributed by atoms with van der Waals surface area (Å²) in [5.74, 6) is -0.116. The van der Waals surface area contributed by atoms with E-state index in [1.807, 2.05) is 42.5 Å². The molecule has 1 aliphatic rings. The van der Waals surface area contributed by atoms with Gasteiger partial charge in [0, 0.05) is 19.7 Å². The van der Waals surface area contributed by atoms with Crippen LogP contribution in [0, 0.1) is 3.57 Å². The third kappa shape index (κ3) is 2.58. The van der Waals surface area contributed by atoms with Crippen LogP contribution < -0.4 is 5.32 Å². The van der Waals surface area contributed by atoms with E-state index in [4.69, 9.17) is 11.6 Å². The van der Waals surface area contributed by atoms with Crippen molar-refractivity contribution in [3.05, 3.63) is 62.2 Å². The molecule has 0 aromatic heterocycles. The summed E-state index contributed by atoms with van der Waals surface area (Å²) in [5, 5.41) is 3.50. The van der Waals surface area contributed by atoms with Crippen LogP contribution in [-0.4, -0.2) is 18.2 Å². The molecule has 1 N–H and O–H groups in total. The summed E-state index contributed by atoms with van der Waals surface area (Å²) in [6.07, 6.45) is 0. The van der Waals surface area contributed by atoms with Crippen LogP contribution in [0.2, 0.25) is 5.02 Å². The zero-order valence-corrected chi connectivity index (χ0v) is 13.3. The molecule has 0 fully saturated rings. The van der Waals surface area contributed by atoms with E-state index in [1.54, 1.807) is 0 Å². The largest absolute Gasteiger partial charge is 0.324 e. The second-order valence-electron chi connectivity index (χ2n) is 4.38. The van der Waals surface area contributed by atoms with Gasteiger partial charge in [0.25, 0.3) is 0 Å². The summed E-state index contributed by atoms with van der Waals surface area (Å²) in [7, 11) is 0. The Kier molecular flexibility index (Phi) is 3.76. The highest BCUT2D eigenvalue weighted by atomic mass is 127. The van der Waals surface area contributed by atoms with Gasteiger partial charge in [0.2, 0.25) is 5.91 Å². The van der Waals surface area contributed by atoms with Crippen molar-refractivity contribution < 1.29 is 4.79 Å². The van der Waals surface area contributed by atoms with Crippen LogP contribution in [0.15, 0.2) is 47.5 Å². The highest BCUT2D eigenvalue weighted by molar-refractivity contribution is 14.1. The zero-order valence-electron chi connectivity index (χ0n) is 10.4. The van der Waals surface area contributed by atoms with Crippen molar-refractivity contribution in [2.75, 3.05) is 11.9 Å². The number of nitrogens with zero attached hydrogens (tertiary/aromatic N) is 1. The van der Waals surface area contributed by atoms with Crippen LogP contribution in [0.3, 0.4) is 0 Å². The number of benzodiazepines with no additional fused rings is 1. The van der Waals surface area contributed by atoms with E-state index in [2.05, 4.69) is 32.9 Å². The van der Waals surface area contributed by atoms with Crippen molar-refractivity contribution in [1.82, 2.24) is 0 Å². The van der Waals surface area contributed by atoms with Crippen LogP contribution in [0.4, 0.5) is 5.69 Å². The molecule has 0 saturated heterocycles. The van der Waals surface area contributed by atoms with Gasteiger partial charge in [-0.25, -0.2) is 0 Å². The Morgan fingerprint density at radius 3 is 2.75 bits per heavy atom. The molecule has 2 aromatic rings. The van der Waals surface area contributed by atoms with Gasteiger partial charge in [0.1, 0.15) is 6.54 Å². The average molecular weight is 397 g/mol. The Morgan fingerprint density at radius 2 is 1.95 bits per heavy atom. The van der Waals surface area contributed by atoms with E-state index in [-0.39, 0.29) is 12.5 Å². The number of halogens is 2. The number of fused-ring (bicyclic) bond motifs is 1. The molecule has 20 heavy (non-hydrogen) atoms. The van der Waals surface area contributed by atoms with Crippen LogP contribution in [0.25, 0.3) is 0 Å². The van der Waals surface area contributed by atoms with Gasteiger partial charge < -0.3 is 5.32 Å². The Labute approximate surface area is 135 Å². The van der Waals surface area contributed by atoms with Crippen molar-refractivity contribution in [3.63, 3.8) is 0 Å². The fourth-order valence-corrected chi connectivity index (χ4v) is 2.85. The average Bonchev–Trinajstić information content (AvgIpc) is 2.58. The first kappa shape index (κ1) is 13.6. The van der Waals surface area contributed by atoms with E-state index in [0.29, 0.717) is 5.02 Å². The molecule has 0 radical (unpaired) electrons. The molecule has 2 aromatic carbocycles. The summed E-state index contributed by atoms with van der Waals surface area (Å²) in [6, 6.07) is 13.4. The molecule has 0 atom stereocenters. The number of hydrogen-bond donors (Lipinski definition) is 1. The monoisotopic (exact) mass is 396 g/mol. The van der Waals surface area contributed by atoms with Gasteiger partial charge in [-0.15, -0.1) is 0 Å². The third-order valence-corrected chi connectivity index (χ3v) is 4.02. The number of amides is 1. The number of aliphatic imine (C=N–C) groups is 1. The molecule has 0 unspecified atom stereocenters. The molecule has 3 nitrogen and oxygen atoms in total. The molecule has 0 aliphatic carbocycles. The van der Waals surface area contributed by atoms with E-state index in [9.17, 15) is 4.79 Å². The van der Waals surface area contributed by atoms with Crippen molar-refractivity contribution in [3.8, 4) is 0 Å². The highest BCUT2D eigenvalue weighted by Gasteiger charge is 2.19. The molecule has 0 bridgehead atoms. The first-order valence-corrected chi connectivity index (χ1v) is 7.50. The quantitative estimate of drug-likeness (QED) is 0.733. The predicted octanol–water partition coefficient (Wildman–Crippen LogP) is 3.73. The number of carbonyl (C=O) groups is 1. The highest BCUT2D eigenvalue weighted by Crippen LogP contribution is 2.27. The maximum Gasteiger partial charge on any atom is 0.246 e. The minimum Gasteiger partial charge on any atom is -0.324 e. The summed E-state index contributed by atoms with van der Waals surface area (Å²) in [4.78, 5) is 16.2. The molecule has 1 aliphatic heterocycles. The van der Waals surface area contributed by atoms with Gasteiger partial charge in [0.05, 0.1) is 11.4 Å². The Bertz CT molecular complexity index is 728. The molecule has 5 heteroatoms. The van der Waals surface area contributed by atoms with Gasteiger partial charge >= 0.3 is 0 Å². The van der Waals surface area contributed by atoms with Gasteiger partial charge in [-0.05, 0) is 46.9 Å². The fourth-order valence-electron chi connectivity index (χ4n) is 2.13. The van der Waals surface area contributed by atoms with Gasteiger partial charge in [-0.3, -0.25) is 9.79 Å². The fraction of sp³-hybridized carbons (Fsp3) is 0.0667. The molecule has 0 saturated carbocycles. The Morgan fingerprint density at radius 1 is 1.15 bits per heavy atom. The number of rotatable bonds is 1. The molecule has 1 amide bonds. The molecular weight excluding hydrogens is 387 g/mol. The van der Waals surface area contributed by atoms with E-state index < -0.39 is 0 Å². The zero-order chi connectivity index (χ0) is 14.1. The number of hydrogen-bond acceptors (Lipinski definition) is 2. The van der Waals surface area contributed by atoms with Crippen molar-refractivity contribution in [1.29, 1.82) is 0 Å². The van der Waals surface area contributed by atoms with Gasteiger partial charge in [-0.2, -0.15) is 0 Å². The lowest BCUT2D eigenvalue weighted by atomic mass is 10.0. The van der Waals surface area contributed by atoms with Crippen molar-refractivity contribution in [2.45, 2.75) is 0 Å². The second kappa shape index (κ2) is 5.54. The minimum absolute atomic E-state index is 0.103. The van der Waals surface area contributed by atoms with Crippen molar-refractivity contribution in [2.24, 2.45) is 4.99 Å². The number of benzene rings is 2. The Hall–Kier alpha value is -1.40. The predicted molar refractivity (Wildman–Crippen MR) is 89.7 cm³/mol. The lowest BCUT2D eigenvalue weighted by Gasteiger charge is -2.11. The summed E-state index contributed by atoms with van der Waals surface area (Å²) in [6.45, 7) is 0.103. The maximum absolute atomic E-state index is 11.7. The molecule has 1 heterocycles. The first-order chi connectivity index (χ1) is 9.65. The summed E-state index contributed by atoms with van der Waals surface area (Å²) >= 11 is 8.51. The van der Waals surface area contributed by atoms with Gasteiger partial charge in [0.15, 0.2) is 0 Å².